The molecule has 0 radical (unpaired) electrons. The molecule has 0 aromatic heterocycles. The quantitative estimate of drug-likeness (QED) is 0.300. The van der Waals surface area contributed by atoms with Crippen LogP contribution in [0.25, 0.3) is 0 Å². The average Bonchev–Trinajstić information content (AvgIpc) is 2.58. The molecule has 0 atom stereocenters. The highest BCUT2D eigenvalue weighted by atomic mass is 79.9. The molecule has 8 heteroatoms. The molecule has 24 heavy (non-hydrogen) atoms. The number of nitro benzene ring substituents is 1. The van der Waals surface area contributed by atoms with E-state index in [0.717, 1.165) is 15.1 Å². The van der Waals surface area contributed by atoms with Crippen LogP contribution in [0.15, 0.2) is 57.9 Å². The molecule has 0 spiro atoms. The van der Waals surface area contributed by atoms with Crippen molar-refractivity contribution in [2.24, 2.45) is 0 Å². The molecule has 0 saturated carbocycles. The summed E-state index contributed by atoms with van der Waals surface area (Å²) in [4.78, 5) is 22.9. The van der Waals surface area contributed by atoms with Crippen LogP contribution in [0.2, 0.25) is 0 Å². The third-order valence-electron chi connectivity index (χ3n) is 3.04. The third kappa shape index (κ3) is 6.21. The van der Waals surface area contributed by atoms with Crippen molar-refractivity contribution in [3.05, 3.63) is 63.1 Å². The smallest absolute Gasteiger partial charge is 0.269 e. The number of carbonyl (C=O) groups is 1. The first kappa shape index (κ1) is 18.3. The molecule has 0 fully saturated rings. The highest BCUT2D eigenvalue weighted by Gasteiger charge is 2.04. The minimum absolute atomic E-state index is 0.0339. The van der Waals surface area contributed by atoms with E-state index in [-0.39, 0.29) is 11.6 Å². The van der Waals surface area contributed by atoms with Gasteiger partial charge >= 0.3 is 0 Å². The Kier molecular flexibility index (Phi) is 7.07. The maximum Gasteiger partial charge on any atom is 0.269 e. The van der Waals surface area contributed by atoms with Gasteiger partial charge < -0.3 is 10.6 Å². The molecular weight excluding hydrogens is 394 g/mol. The van der Waals surface area contributed by atoms with Gasteiger partial charge in [0.25, 0.3) is 5.69 Å². The van der Waals surface area contributed by atoms with Crippen molar-refractivity contribution in [2.45, 2.75) is 4.90 Å². The predicted molar refractivity (Wildman–Crippen MR) is 99.5 cm³/mol. The zero-order chi connectivity index (χ0) is 17.4. The number of hydrogen-bond acceptors (Lipinski definition) is 5. The number of benzene rings is 2. The van der Waals surface area contributed by atoms with Crippen LogP contribution in [0.4, 0.5) is 11.4 Å². The Morgan fingerprint density at radius 1 is 1.08 bits per heavy atom. The van der Waals surface area contributed by atoms with Gasteiger partial charge in [-0.25, -0.2) is 0 Å². The molecule has 0 heterocycles. The van der Waals surface area contributed by atoms with Crippen LogP contribution in [-0.4, -0.2) is 29.7 Å². The van der Waals surface area contributed by atoms with Gasteiger partial charge in [-0.05, 0) is 36.4 Å². The second-order valence-corrected chi connectivity index (χ2v) is 6.79. The summed E-state index contributed by atoms with van der Waals surface area (Å²) in [5, 5.41) is 16.5. The van der Waals surface area contributed by atoms with Crippen LogP contribution in [0.1, 0.15) is 0 Å². The number of anilines is 1. The van der Waals surface area contributed by atoms with Gasteiger partial charge in [-0.15, -0.1) is 11.8 Å². The number of nitro groups is 1. The number of thioether (sulfide) groups is 1. The molecule has 2 aromatic rings. The molecule has 2 rings (SSSR count). The number of hydrogen-bond donors (Lipinski definition) is 2. The van der Waals surface area contributed by atoms with E-state index >= 15 is 0 Å². The Morgan fingerprint density at radius 2 is 1.75 bits per heavy atom. The zero-order valence-corrected chi connectivity index (χ0v) is 15.1. The Labute approximate surface area is 152 Å². The standard InChI is InChI=1S/C16H16BrN3O3S/c17-12-1-7-15(8-2-12)24-11-16(21)19-10-9-18-13-3-5-14(6-4-13)20(22)23/h1-8,18H,9-11H2,(H,19,21). The van der Waals surface area contributed by atoms with Gasteiger partial charge in [0, 0.05) is 40.3 Å². The largest absolute Gasteiger partial charge is 0.383 e. The second-order valence-electron chi connectivity index (χ2n) is 4.82. The highest BCUT2D eigenvalue weighted by Crippen LogP contribution is 2.20. The van der Waals surface area contributed by atoms with Crippen LogP contribution in [-0.2, 0) is 4.79 Å². The zero-order valence-electron chi connectivity index (χ0n) is 12.7. The molecular formula is C16H16BrN3O3S. The lowest BCUT2D eigenvalue weighted by atomic mass is 10.3. The summed E-state index contributed by atoms with van der Waals surface area (Å²) in [5.41, 5.74) is 0.831. The molecule has 0 bridgehead atoms. The lowest BCUT2D eigenvalue weighted by molar-refractivity contribution is -0.384. The van der Waals surface area contributed by atoms with Crippen molar-refractivity contribution in [2.75, 3.05) is 24.2 Å². The van der Waals surface area contributed by atoms with Gasteiger partial charge in [0.2, 0.25) is 5.91 Å². The van der Waals surface area contributed by atoms with Gasteiger partial charge in [0.05, 0.1) is 10.7 Å². The Bertz CT molecular complexity index is 693. The van der Waals surface area contributed by atoms with Crippen molar-refractivity contribution >= 4 is 45.0 Å². The first-order valence-electron chi connectivity index (χ1n) is 7.18. The number of amides is 1. The van der Waals surface area contributed by atoms with E-state index in [1.807, 2.05) is 24.3 Å². The van der Waals surface area contributed by atoms with Gasteiger partial charge in [-0.3, -0.25) is 14.9 Å². The molecule has 1 amide bonds. The van der Waals surface area contributed by atoms with Gasteiger partial charge in [0.1, 0.15) is 0 Å². The first-order valence-corrected chi connectivity index (χ1v) is 8.96. The van der Waals surface area contributed by atoms with E-state index in [4.69, 9.17) is 0 Å². The monoisotopic (exact) mass is 409 g/mol. The summed E-state index contributed by atoms with van der Waals surface area (Å²) in [5.74, 6) is 0.326. The predicted octanol–water partition coefficient (Wildman–Crippen LogP) is 3.68. The van der Waals surface area contributed by atoms with Crippen LogP contribution in [0.5, 0.6) is 0 Å². The fourth-order valence-electron chi connectivity index (χ4n) is 1.84. The molecule has 2 aromatic carbocycles. The summed E-state index contributed by atoms with van der Waals surface area (Å²) < 4.78 is 1.01. The van der Waals surface area contributed by atoms with Crippen molar-refractivity contribution in [1.29, 1.82) is 0 Å². The number of halogens is 1. The number of carbonyl (C=O) groups excluding carboxylic acids is 1. The van der Waals surface area contributed by atoms with E-state index in [2.05, 4.69) is 26.6 Å². The maximum atomic E-state index is 11.8. The molecule has 126 valence electrons. The second kappa shape index (κ2) is 9.29. The van der Waals surface area contributed by atoms with E-state index in [1.165, 1.54) is 23.9 Å². The molecule has 6 nitrogen and oxygen atoms in total. The van der Waals surface area contributed by atoms with Crippen LogP contribution < -0.4 is 10.6 Å². The fourth-order valence-corrected chi connectivity index (χ4v) is 2.83. The summed E-state index contributed by atoms with van der Waals surface area (Å²) in [6.07, 6.45) is 0. The summed E-state index contributed by atoms with van der Waals surface area (Å²) in [6, 6.07) is 14.0. The molecule has 0 aliphatic heterocycles. The van der Waals surface area contributed by atoms with Gasteiger partial charge in [-0.1, -0.05) is 15.9 Å². The van der Waals surface area contributed by atoms with Crippen LogP contribution in [0.3, 0.4) is 0 Å². The number of nitrogens with zero attached hydrogens (tertiary/aromatic N) is 1. The number of rotatable bonds is 8. The van der Waals surface area contributed by atoms with E-state index < -0.39 is 4.92 Å². The van der Waals surface area contributed by atoms with Crippen molar-refractivity contribution < 1.29 is 9.72 Å². The number of nitrogens with one attached hydrogen (secondary N) is 2. The van der Waals surface area contributed by atoms with E-state index in [1.54, 1.807) is 12.1 Å². The van der Waals surface area contributed by atoms with Crippen molar-refractivity contribution in [1.82, 2.24) is 5.32 Å². The van der Waals surface area contributed by atoms with Crippen molar-refractivity contribution in [3.8, 4) is 0 Å². The highest BCUT2D eigenvalue weighted by molar-refractivity contribution is 9.10. The minimum atomic E-state index is -0.437. The van der Waals surface area contributed by atoms with Crippen LogP contribution in [0, 0.1) is 10.1 Å². The fraction of sp³-hybridized carbons (Fsp3) is 0.188. The van der Waals surface area contributed by atoms with Gasteiger partial charge in [0.15, 0.2) is 0 Å². The Hall–Kier alpha value is -2.06. The molecule has 0 unspecified atom stereocenters. The Morgan fingerprint density at radius 3 is 2.38 bits per heavy atom. The van der Waals surface area contributed by atoms with E-state index in [9.17, 15) is 14.9 Å². The maximum absolute atomic E-state index is 11.8. The summed E-state index contributed by atoms with van der Waals surface area (Å²) in [6.45, 7) is 1.03. The average molecular weight is 410 g/mol. The van der Waals surface area contributed by atoms with Crippen molar-refractivity contribution in [3.63, 3.8) is 0 Å². The summed E-state index contributed by atoms with van der Waals surface area (Å²) in [7, 11) is 0. The van der Waals surface area contributed by atoms with E-state index in [0.29, 0.717) is 18.8 Å². The number of non-ortho nitro benzene ring substituents is 1. The molecule has 0 aliphatic rings. The Balaban J connectivity index is 1.63. The molecule has 0 aliphatic carbocycles. The first-order chi connectivity index (χ1) is 11.5. The summed E-state index contributed by atoms with van der Waals surface area (Å²) >= 11 is 4.85. The lowest BCUT2D eigenvalue weighted by Crippen LogP contribution is -2.30. The van der Waals surface area contributed by atoms with Crippen LogP contribution >= 0.6 is 27.7 Å². The minimum Gasteiger partial charge on any atom is -0.383 e. The molecule has 0 saturated heterocycles. The SMILES string of the molecule is O=C(CSc1ccc(Br)cc1)NCCNc1ccc([N+](=O)[O-])cc1. The topological polar surface area (TPSA) is 84.3 Å². The van der Waals surface area contributed by atoms with Gasteiger partial charge in [-0.2, -0.15) is 0 Å². The molecule has 2 N–H and O–H groups in total. The normalized spacial score (nSPS) is 10.2. The lowest BCUT2D eigenvalue weighted by Gasteiger charge is -2.08. The third-order valence-corrected chi connectivity index (χ3v) is 4.58.